The maximum absolute atomic E-state index is 12.5. The van der Waals surface area contributed by atoms with Crippen molar-refractivity contribution in [2.75, 3.05) is 18.4 Å². The van der Waals surface area contributed by atoms with E-state index >= 15 is 0 Å². The average molecular weight is 362 g/mol. The standard InChI is InChI=1S/C20H18N4OS/c25-20(24-10-4-1-5-11-24)21-13-8-9-17-14(12-13)18-19(26-17)23-16-7-3-2-6-15(16)22-18/h2-3,6-9,12H,1,4-5,10-11H2,(H,21,25). The maximum Gasteiger partial charge on any atom is 0.321 e. The Morgan fingerprint density at radius 2 is 1.77 bits per heavy atom. The molecule has 0 saturated carbocycles. The largest absolute Gasteiger partial charge is 0.325 e. The highest BCUT2D eigenvalue weighted by atomic mass is 32.1. The zero-order valence-electron chi connectivity index (χ0n) is 14.2. The molecule has 0 atom stereocenters. The van der Waals surface area contributed by atoms with E-state index in [0.29, 0.717) is 0 Å². The van der Waals surface area contributed by atoms with Gasteiger partial charge in [0.15, 0.2) is 0 Å². The molecule has 1 fully saturated rings. The molecule has 5 nitrogen and oxygen atoms in total. The number of rotatable bonds is 1. The van der Waals surface area contributed by atoms with Gasteiger partial charge in [-0.25, -0.2) is 14.8 Å². The molecule has 0 spiro atoms. The molecule has 1 saturated heterocycles. The Hall–Kier alpha value is -2.73. The summed E-state index contributed by atoms with van der Waals surface area (Å²) in [5, 5.41) is 4.08. The van der Waals surface area contributed by atoms with Crippen LogP contribution in [0, 0.1) is 0 Å². The Morgan fingerprint density at radius 1 is 1.00 bits per heavy atom. The summed E-state index contributed by atoms with van der Waals surface area (Å²) < 4.78 is 1.13. The number of benzene rings is 2. The fraction of sp³-hybridized carbons (Fsp3) is 0.250. The first kappa shape index (κ1) is 15.5. The van der Waals surface area contributed by atoms with Crippen LogP contribution in [0.25, 0.3) is 31.5 Å². The number of amides is 2. The molecule has 26 heavy (non-hydrogen) atoms. The van der Waals surface area contributed by atoms with E-state index in [4.69, 9.17) is 9.97 Å². The number of thiophene rings is 1. The fourth-order valence-electron chi connectivity index (χ4n) is 3.52. The van der Waals surface area contributed by atoms with Gasteiger partial charge < -0.3 is 10.2 Å². The van der Waals surface area contributed by atoms with Gasteiger partial charge in [-0.2, -0.15) is 0 Å². The van der Waals surface area contributed by atoms with E-state index < -0.39 is 0 Å². The monoisotopic (exact) mass is 362 g/mol. The maximum atomic E-state index is 12.5. The third kappa shape index (κ3) is 2.66. The number of urea groups is 1. The number of aromatic nitrogens is 2. The lowest BCUT2D eigenvalue weighted by Gasteiger charge is -2.26. The van der Waals surface area contributed by atoms with Crippen LogP contribution in [0.2, 0.25) is 0 Å². The lowest BCUT2D eigenvalue weighted by molar-refractivity contribution is 0.200. The summed E-state index contributed by atoms with van der Waals surface area (Å²) in [5.41, 5.74) is 3.51. The first-order valence-electron chi connectivity index (χ1n) is 8.93. The van der Waals surface area contributed by atoms with E-state index in [1.54, 1.807) is 11.3 Å². The Kier molecular flexibility index (Phi) is 3.71. The van der Waals surface area contributed by atoms with E-state index in [1.807, 2.05) is 47.4 Å². The lowest BCUT2D eigenvalue weighted by atomic mass is 10.1. The lowest BCUT2D eigenvalue weighted by Crippen LogP contribution is -2.38. The smallest absolute Gasteiger partial charge is 0.321 e. The predicted molar refractivity (Wildman–Crippen MR) is 107 cm³/mol. The van der Waals surface area contributed by atoms with Gasteiger partial charge in [-0.3, -0.25) is 0 Å². The van der Waals surface area contributed by atoms with Gasteiger partial charge in [0.1, 0.15) is 10.3 Å². The molecule has 6 heteroatoms. The van der Waals surface area contributed by atoms with Crippen molar-refractivity contribution >= 4 is 54.5 Å². The molecule has 0 bridgehead atoms. The number of para-hydroxylation sites is 2. The number of carbonyl (C=O) groups excluding carboxylic acids is 1. The van der Waals surface area contributed by atoms with Crippen molar-refractivity contribution in [1.29, 1.82) is 0 Å². The summed E-state index contributed by atoms with van der Waals surface area (Å²) in [7, 11) is 0. The summed E-state index contributed by atoms with van der Waals surface area (Å²) in [6.07, 6.45) is 3.39. The molecule has 4 aromatic rings. The van der Waals surface area contributed by atoms with Gasteiger partial charge in [0.05, 0.1) is 11.0 Å². The minimum Gasteiger partial charge on any atom is -0.325 e. The van der Waals surface area contributed by atoms with Crippen molar-refractivity contribution in [2.45, 2.75) is 19.3 Å². The van der Waals surface area contributed by atoms with Gasteiger partial charge >= 0.3 is 6.03 Å². The van der Waals surface area contributed by atoms with Crippen LogP contribution in [0.15, 0.2) is 42.5 Å². The van der Waals surface area contributed by atoms with Crippen LogP contribution in [0.1, 0.15) is 19.3 Å². The molecule has 2 aromatic carbocycles. The number of carbonyl (C=O) groups is 1. The number of nitrogens with one attached hydrogen (secondary N) is 1. The SMILES string of the molecule is O=C(Nc1ccc2sc3nc4ccccc4nc3c2c1)N1CCCCC1. The van der Waals surface area contributed by atoms with Gasteiger partial charge in [-0.05, 0) is 49.6 Å². The molecule has 1 aliphatic heterocycles. The minimum atomic E-state index is -0.0138. The van der Waals surface area contributed by atoms with Crippen LogP contribution in [0.3, 0.4) is 0 Å². The van der Waals surface area contributed by atoms with E-state index in [1.165, 1.54) is 6.42 Å². The van der Waals surface area contributed by atoms with Crippen LogP contribution >= 0.6 is 11.3 Å². The molecular weight excluding hydrogens is 344 g/mol. The highest BCUT2D eigenvalue weighted by molar-refractivity contribution is 7.25. The Balaban J connectivity index is 1.54. The number of fused-ring (bicyclic) bond motifs is 4. The molecule has 1 aliphatic rings. The Bertz CT molecular complexity index is 1130. The van der Waals surface area contributed by atoms with Crippen molar-refractivity contribution in [3.8, 4) is 0 Å². The Labute approximate surface area is 154 Å². The van der Waals surface area contributed by atoms with Gasteiger partial charge in [0, 0.05) is 28.9 Å². The van der Waals surface area contributed by atoms with E-state index in [9.17, 15) is 4.79 Å². The van der Waals surface area contributed by atoms with Crippen LogP contribution in [-0.2, 0) is 0 Å². The summed E-state index contributed by atoms with van der Waals surface area (Å²) in [4.78, 5) is 24.8. The van der Waals surface area contributed by atoms with Crippen molar-refractivity contribution in [2.24, 2.45) is 0 Å². The number of piperidine rings is 1. The van der Waals surface area contributed by atoms with Crippen molar-refractivity contribution in [1.82, 2.24) is 14.9 Å². The number of hydrogen-bond acceptors (Lipinski definition) is 4. The highest BCUT2D eigenvalue weighted by Gasteiger charge is 2.17. The summed E-state index contributed by atoms with van der Waals surface area (Å²) in [5.74, 6) is 0. The van der Waals surface area contributed by atoms with Crippen LogP contribution in [0.5, 0.6) is 0 Å². The zero-order chi connectivity index (χ0) is 17.5. The Morgan fingerprint density at radius 3 is 2.58 bits per heavy atom. The molecule has 2 amide bonds. The van der Waals surface area contributed by atoms with Gasteiger partial charge in [-0.15, -0.1) is 11.3 Å². The highest BCUT2D eigenvalue weighted by Crippen LogP contribution is 2.34. The van der Waals surface area contributed by atoms with Crippen molar-refractivity contribution in [3.63, 3.8) is 0 Å². The average Bonchev–Trinajstić information content (AvgIpc) is 3.03. The molecule has 0 radical (unpaired) electrons. The zero-order valence-corrected chi connectivity index (χ0v) is 15.1. The molecule has 1 N–H and O–H groups in total. The van der Waals surface area contributed by atoms with Crippen molar-refractivity contribution < 1.29 is 4.79 Å². The van der Waals surface area contributed by atoms with Gasteiger partial charge in [0.2, 0.25) is 0 Å². The number of anilines is 1. The fourth-order valence-corrected chi connectivity index (χ4v) is 4.52. The van der Waals surface area contributed by atoms with Gasteiger partial charge in [0.25, 0.3) is 0 Å². The second kappa shape index (κ2) is 6.21. The van der Waals surface area contributed by atoms with Crippen LogP contribution < -0.4 is 5.32 Å². The molecule has 3 heterocycles. The number of nitrogens with zero attached hydrogens (tertiary/aromatic N) is 3. The first-order chi connectivity index (χ1) is 12.8. The summed E-state index contributed by atoms with van der Waals surface area (Å²) >= 11 is 1.64. The van der Waals surface area contributed by atoms with Crippen LogP contribution in [-0.4, -0.2) is 34.0 Å². The molecule has 130 valence electrons. The molecular formula is C20H18N4OS. The normalized spacial score (nSPS) is 15.0. The van der Waals surface area contributed by atoms with Crippen molar-refractivity contribution in [3.05, 3.63) is 42.5 Å². The summed E-state index contributed by atoms with van der Waals surface area (Å²) in [6, 6.07) is 13.9. The van der Waals surface area contributed by atoms with Crippen LogP contribution in [0.4, 0.5) is 10.5 Å². The van der Waals surface area contributed by atoms with Gasteiger partial charge in [-0.1, -0.05) is 12.1 Å². The molecule has 2 aromatic heterocycles. The third-order valence-corrected chi connectivity index (χ3v) is 5.93. The second-order valence-corrected chi connectivity index (χ2v) is 7.69. The quantitative estimate of drug-likeness (QED) is 0.517. The topological polar surface area (TPSA) is 58.1 Å². The van der Waals surface area contributed by atoms with E-state index in [2.05, 4.69) is 5.32 Å². The number of likely N-dealkylation sites (tertiary alicyclic amines) is 1. The second-order valence-electron chi connectivity index (χ2n) is 6.66. The molecule has 5 rings (SSSR count). The molecule has 0 aliphatic carbocycles. The summed E-state index contributed by atoms with van der Waals surface area (Å²) in [6.45, 7) is 1.68. The predicted octanol–water partition coefficient (Wildman–Crippen LogP) is 5.02. The number of hydrogen-bond donors (Lipinski definition) is 1. The third-order valence-electron chi connectivity index (χ3n) is 4.87. The first-order valence-corrected chi connectivity index (χ1v) is 9.74. The molecule has 0 unspecified atom stereocenters. The van der Waals surface area contributed by atoms with E-state index in [0.717, 1.165) is 63.1 Å². The van der Waals surface area contributed by atoms with E-state index in [-0.39, 0.29) is 6.03 Å². The minimum absolute atomic E-state index is 0.0138.